The van der Waals surface area contributed by atoms with Crippen molar-refractivity contribution in [3.8, 4) is 0 Å². The first-order chi connectivity index (χ1) is 12.0. The van der Waals surface area contributed by atoms with Gasteiger partial charge in [-0.05, 0) is 39.3 Å². The van der Waals surface area contributed by atoms with Crippen molar-refractivity contribution in [2.24, 2.45) is 0 Å². The van der Waals surface area contributed by atoms with Gasteiger partial charge in [0.1, 0.15) is 5.82 Å². The van der Waals surface area contributed by atoms with Crippen molar-refractivity contribution in [3.05, 3.63) is 23.1 Å². The minimum absolute atomic E-state index is 0.153. The number of carbonyl (C=O) groups excluding carboxylic acids is 1. The molecule has 0 unspecified atom stereocenters. The van der Waals surface area contributed by atoms with E-state index in [1.54, 1.807) is 4.90 Å². The lowest BCUT2D eigenvalue weighted by molar-refractivity contribution is 0.0295. The van der Waals surface area contributed by atoms with E-state index >= 15 is 0 Å². The molecule has 2 aromatic heterocycles. The van der Waals surface area contributed by atoms with E-state index in [1.165, 1.54) is 0 Å². The van der Waals surface area contributed by atoms with E-state index in [0.29, 0.717) is 32.0 Å². The molecular formula is C18H25N5O2. The molecule has 0 spiro atoms. The molecule has 0 atom stereocenters. The molecule has 1 saturated heterocycles. The lowest BCUT2D eigenvalue weighted by atomic mass is 10.1. The molecule has 0 N–H and O–H groups in total. The lowest BCUT2D eigenvalue weighted by Gasteiger charge is -2.27. The Morgan fingerprint density at radius 3 is 2.48 bits per heavy atom. The van der Waals surface area contributed by atoms with Crippen molar-refractivity contribution in [1.82, 2.24) is 19.9 Å². The summed E-state index contributed by atoms with van der Waals surface area (Å²) in [7, 11) is 0. The summed E-state index contributed by atoms with van der Waals surface area (Å²) in [5.74, 6) is 0.852. The van der Waals surface area contributed by atoms with Crippen molar-refractivity contribution in [2.45, 2.75) is 27.7 Å². The number of pyridine rings is 1. The average molecular weight is 343 g/mol. The number of ether oxygens (including phenoxy) is 1. The lowest BCUT2D eigenvalue weighted by Crippen LogP contribution is -2.41. The first-order valence-electron chi connectivity index (χ1n) is 8.83. The zero-order valence-electron chi connectivity index (χ0n) is 15.4. The number of aromatic nitrogens is 3. The monoisotopic (exact) mass is 343 g/mol. The normalized spacial score (nSPS) is 14.8. The zero-order chi connectivity index (χ0) is 18.0. The topological polar surface area (TPSA) is 71.5 Å². The van der Waals surface area contributed by atoms with Crippen LogP contribution >= 0.6 is 0 Å². The molecule has 134 valence electrons. The number of fused-ring (bicyclic) bond motifs is 1. The number of amides is 1. The van der Waals surface area contributed by atoms with Crippen LogP contribution in [-0.2, 0) is 4.74 Å². The second kappa shape index (κ2) is 7.31. The SMILES string of the molecule is CCN(CC)c1nc(C(=O)N2CCOCC2)nc2nc(C)cc(C)c12. The molecule has 0 aliphatic carbocycles. The fourth-order valence-electron chi connectivity index (χ4n) is 3.21. The summed E-state index contributed by atoms with van der Waals surface area (Å²) >= 11 is 0. The predicted molar refractivity (Wildman–Crippen MR) is 97.1 cm³/mol. The number of hydrogen-bond acceptors (Lipinski definition) is 6. The van der Waals surface area contributed by atoms with Gasteiger partial charge in [-0.25, -0.2) is 15.0 Å². The van der Waals surface area contributed by atoms with E-state index in [2.05, 4.69) is 33.7 Å². The molecule has 0 bridgehead atoms. The van der Waals surface area contributed by atoms with Crippen molar-refractivity contribution in [1.29, 1.82) is 0 Å². The van der Waals surface area contributed by atoms with Gasteiger partial charge >= 0.3 is 0 Å². The fourth-order valence-corrected chi connectivity index (χ4v) is 3.21. The summed E-state index contributed by atoms with van der Waals surface area (Å²) in [4.78, 5) is 30.5. The third-order valence-corrected chi connectivity index (χ3v) is 4.53. The molecule has 7 nitrogen and oxygen atoms in total. The zero-order valence-corrected chi connectivity index (χ0v) is 15.4. The quantitative estimate of drug-likeness (QED) is 0.845. The maximum Gasteiger partial charge on any atom is 0.291 e. The molecule has 7 heteroatoms. The molecule has 25 heavy (non-hydrogen) atoms. The Labute approximate surface area is 148 Å². The number of hydrogen-bond donors (Lipinski definition) is 0. The molecule has 0 aromatic carbocycles. The highest BCUT2D eigenvalue weighted by atomic mass is 16.5. The first-order valence-corrected chi connectivity index (χ1v) is 8.83. The standard InChI is InChI=1S/C18H25N5O2/c1-5-22(6-2)17-14-12(3)11-13(4)19-15(14)20-16(21-17)18(24)23-7-9-25-10-8-23/h11H,5-10H2,1-4H3. The Morgan fingerprint density at radius 2 is 1.84 bits per heavy atom. The predicted octanol–water partition coefficient (Wildman–Crippen LogP) is 1.96. The second-order valence-corrected chi connectivity index (χ2v) is 6.23. The molecule has 0 saturated carbocycles. The Morgan fingerprint density at radius 1 is 1.16 bits per heavy atom. The molecule has 0 radical (unpaired) electrons. The van der Waals surface area contributed by atoms with Crippen LogP contribution in [0.15, 0.2) is 6.07 Å². The van der Waals surface area contributed by atoms with E-state index in [-0.39, 0.29) is 11.7 Å². The Balaban J connectivity index is 2.15. The van der Waals surface area contributed by atoms with E-state index < -0.39 is 0 Å². The number of nitrogens with zero attached hydrogens (tertiary/aromatic N) is 5. The minimum Gasteiger partial charge on any atom is -0.378 e. The average Bonchev–Trinajstić information content (AvgIpc) is 2.62. The van der Waals surface area contributed by atoms with Crippen LogP contribution in [0.5, 0.6) is 0 Å². The molecular weight excluding hydrogens is 318 g/mol. The van der Waals surface area contributed by atoms with Crippen LogP contribution in [0.25, 0.3) is 11.0 Å². The molecule has 3 rings (SSSR count). The van der Waals surface area contributed by atoms with Crippen LogP contribution in [0.3, 0.4) is 0 Å². The van der Waals surface area contributed by atoms with Gasteiger partial charge in [0, 0.05) is 31.9 Å². The smallest absolute Gasteiger partial charge is 0.291 e. The van der Waals surface area contributed by atoms with Gasteiger partial charge in [0.25, 0.3) is 5.91 Å². The van der Waals surface area contributed by atoms with E-state index in [1.807, 2.05) is 19.9 Å². The largest absolute Gasteiger partial charge is 0.378 e. The molecule has 1 amide bonds. The number of morpholine rings is 1. The summed E-state index contributed by atoms with van der Waals surface area (Å²) in [6, 6.07) is 2.03. The Kier molecular flexibility index (Phi) is 5.13. The van der Waals surface area contributed by atoms with Crippen LogP contribution in [0.2, 0.25) is 0 Å². The van der Waals surface area contributed by atoms with Crippen molar-refractivity contribution in [3.63, 3.8) is 0 Å². The maximum absolute atomic E-state index is 12.9. The molecule has 1 fully saturated rings. The third-order valence-electron chi connectivity index (χ3n) is 4.53. The van der Waals surface area contributed by atoms with Crippen LogP contribution in [0.1, 0.15) is 35.7 Å². The Bertz CT molecular complexity index is 783. The van der Waals surface area contributed by atoms with Gasteiger partial charge in [-0.3, -0.25) is 4.79 Å². The van der Waals surface area contributed by atoms with Gasteiger partial charge in [0.05, 0.1) is 18.6 Å². The van der Waals surface area contributed by atoms with Gasteiger partial charge in [-0.2, -0.15) is 0 Å². The number of carbonyl (C=O) groups is 1. The van der Waals surface area contributed by atoms with Crippen molar-refractivity contribution in [2.75, 3.05) is 44.3 Å². The third kappa shape index (κ3) is 3.42. The summed E-state index contributed by atoms with van der Waals surface area (Å²) in [5, 5.41) is 0.924. The molecule has 1 aliphatic heterocycles. The molecule has 3 heterocycles. The van der Waals surface area contributed by atoms with Crippen LogP contribution in [0.4, 0.5) is 5.82 Å². The Hall–Kier alpha value is -2.28. The van der Waals surface area contributed by atoms with Crippen molar-refractivity contribution >= 4 is 22.8 Å². The summed E-state index contributed by atoms with van der Waals surface area (Å²) in [6.45, 7) is 12.0. The van der Waals surface area contributed by atoms with Crippen LogP contribution < -0.4 is 4.90 Å². The summed E-state index contributed by atoms with van der Waals surface area (Å²) < 4.78 is 5.33. The van der Waals surface area contributed by atoms with E-state index in [9.17, 15) is 4.79 Å². The number of aryl methyl sites for hydroxylation is 2. The minimum atomic E-state index is -0.153. The highest BCUT2D eigenvalue weighted by Gasteiger charge is 2.24. The van der Waals surface area contributed by atoms with Gasteiger partial charge in [0.2, 0.25) is 5.82 Å². The summed E-state index contributed by atoms with van der Waals surface area (Å²) in [5.41, 5.74) is 2.56. The van der Waals surface area contributed by atoms with E-state index in [0.717, 1.165) is 35.6 Å². The number of rotatable bonds is 4. The highest BCUT2D eigenvalue weighted by molar-refractivity contribution is 5.96. The molecule has 1 aliphatic rings. The highest BCUT2D eigenvalue weighted by Crippen LogP contribution is 2.27. The second-order valence-electron chi connectivity index (χ2n) is 6.23. The van der Waals surface area contributed by atoms with Gasteiger partial charge in [-0.15, -0.1) is 0 Å². The molecule has 2 aromatic rings. The van der Waals surface area contributed by atoms with Crippen LogP contribution in [-0.4, -0.2) is 65.2 Å². The van der Waals surface area contributed by atoms with Crippen molar-refractivity contribution < 1.29 is 9.53 Å². The van der Waals surface area contributed by atoms with Crippen LogP contribution in [0, 0.1) is 13.8 Å². The maximum atomic E-state index is 12.9. The van der Waals surface area contributed by atoms with Gasteiger partial charge in [0.15, 0.2) is 5.65 Å². The first kappa shape index (κ1) is 17.5. The summed E-state index contributed by atoms with van der Waals surface area (Å²) in [6.07, 6.45) is 0. The van der Waals surface area contributed by atoms with Gasteiger partial charge in [-0.1, -0.05) is 0 Å². The number of anilines is 1. The van der Waals surface area contributed by atoms with Gasteiger partial charge < -0.3 is 14.5 Å². The van der Waals surface area contributed by atoms with E-state index in [4.69, 9.17) is 4.74 Å². The fraction of sp³-hybridized carbons (Fsp3) is 0.556.